The Morgan fingerprint density at radius 2 is 1.65 bits per heavy atom. The summed E-state index contributed by atoms with van der Waals surface area (Å²) in [4.78, 5) is 16.1. The van der Waals surface area contributed by atoms with Crippen molar-refractivity contribution in [1.82, 2.24) is 15.2 Å². The van der Waals surface area contributed by atoms with Crippen molar-refractivity contribution in [2.75, 3.05) is 20.2 Å². The van der Waals surface area contributed by atoms with E-state index in [9.17, 15) is 4.79 Å². The van der Waals surface area contributed by atoms with Gasteiger partial charge in [-0.05, 0) is 35.7 Å². The molecule has 164 valence electrons. The number of pyridine rings is 1. The third kappa shape index (κ3) is 8.45. The van der Waals surface area contributed by atoms with Crippen molar-refractivity contribution in [2.24, 2.45) is 4.99 Å². The van der Waals surface area contributed by atoms with Crippen LogP contribution in [-0.4, -0.2) is 30.7 Å². The molecule has 0 radical (unpaired) electrons. The number of guanidine groups is 1. The number of hydrogen-bond donors (Lipinski definition) is 2. The number of aliphatic imine (C=N–C) groups is 1. The number of rotatable bonds is 9. The first-order valence-corrected chi connectivity index (χ1v) is 10.1. The van der Waals surface area contributed by atoms with Gasteiger partial charge in [-0.1, -0.05) is 48.5 Å². The minimum absolute atomic E-state index is 0. The van der Waals surface area contributed by atoms with E-state index in [0.717, 1.165) is 35.8 Å². The molecule has 0 aliphatic rings. The van der Waals surface area contributed by atoms with E-state index in [0.29, 0.717) is 19.7 Å². The second-order valence-electron chi connectivity index (χ2n) is 6.85. The molecule has 31 heavy (non-hydrogen) atoms. The first kappa shape index (κ1) is 24.5. The maximum absolute atomic E-state index is 11.8. The monoisotopic (exact) mass is 532 g/mol. The van der Waals surface area contributed by atoms with E-state index >= 15 is 0 Å². The van der Waals surface area contributed by atoms with Gasteiger partial charge >= 0.3 is 0 Å². The summed E-state index contributed by atoms with van der Waals surface area (Å²) in [6, 6.07) is 23.2. The summed E-state index contributed by atoms with van der Waals surface area (Å²) in [6.07, 6.45) is 2.68. The number of aromatic nitrogens is 1. The SMILES string of the molecule is CN=C(NCCCOc1ccccc1)NCc1ccc(Cn2ccccc2=O)cc1.I. The number of hydrogen-bond acceptors (Lipinski definition) is 3. The zero-order chi connectivity index (χ0) is 21.0. The van der Waals surface area contributed by atoms with Crippen LogP contribution in [0.3, 0.4) is 0 Å². The van der Waals surface area contributed by atoms with Crippen molar-refractivity contribution in [3.05, 3.63) is 100 Å². The molecule has 2 N–H and O–H groups in total. The van der Waals surface area contributed by atoms with E-state index in [1.165, 1.54) is 0 Å². The summed E-state index contributed by atoms with van der Waals surface area (Å²) >= 11 is 0. The van der Waals surface area contributed by atoms with Gasteiger partial charge in [-0.15, -0.1) is 24.0 Å². The molecule has 7 heteroatoms. The van der Waals surface area contributed by atoms with Gasteiger partial charge in [-0.2, -0.15) is 0 Å². The highest BCUT2D eigenvalue weighted by Crippen LogP contribution is 2.08. The number of halogens is 1. The minimum Gasteiger partial charge on any atom is -0.494 e. The fraction of sp³-hybridized carbons (Fsp3) is 0.250. The van der Waals surface area contributed by atoms with Gasteiger partial charge in [-0.3, -0.25) is 9.79 Å². The van der Waals surface area contributed by atoms with E-state index in [1.807, 2.05) is 48.5 Å². The first-order chi connectivity index (χ1) is 14.7. The fourth-order valence-corrected chi connectivity index (χ4v) is 2.94. The Labute approximate surface area is 200 Å². The summed E-state index contributed by atoms with van der Waals surface area (Å²) in [5.41, 5.74) is 2.25. The fourth-order valence-electron chi connectivity index (χ4n) is 2.94. The van der Waals surface area contributed by atoms with Crippen molar-refractivity contribution >= 4 is 29.9 Å². The van der Waals surface area contributed by atoms with Crippen molar-refractivity contribution in [2.45, 2.75) is 19.5 Å². The summed E-state index contributed by atoms with van der Waals surface area (Å²) in [7, 11) is 1.76. The van der Waals surface area contributed by atoms with Crippen LogP contribution in [0, 0.1) is 0 Å². The molecule has 1 heterocycles. The van der Waals surface area contributed by atoms with Gasteiger partial charge in [0.25, 0.3) is 5.56 Å². The van der Waals surface area contributed by atoms with Gasteiger partial charge in [0.2, 0.25) is 0 Å². The van der Waals surface area contributed by atoms with Crippen LogP contribution in [-0.2, 0) is 13.1 Å². The van der Waals surface area contributed by atoms with Gasteiger partial charge in [0.15, 0.2) is 5.96 Å². The Bertz CT molecular complexity index is 988. The molecule has 0 aliphatic heterocycles. The summed E-state index contributed by atoms with van der Waals surface area (Å²) in [6.45, 7) is 2.67. The highest BCUT2D eigenvalue weighted by molar-refractivity contribution is 14.0. The molecule has 0 atom stereocenters. The highest BCUT2D eigenvalue weighted by atomic mass is 127. The molecule has 3 aromatic rings. The van der Waals surface area contributed by atoms with Crippen LogP contribution in [0.25, 0.3) is 0 Å². The Hall–Kier alpha value is -2.81. The molecule has 0 spiro atoms. The van der Waals surface area contributed by atoms with Crippen LogP contribution in [0.2, 0.25) is 0 Å². The second kappa shape index (κ2) is 13.5. The van der Waals surface area contributed by atoms with Crippen LogP contribution < -0.4 is 20.9 Å². The van der Waals surface area contributed by atoms with Crippen molar-refractivity contribution in [3.63, 3.8) is 0 Å². The average Bonchev–Trinajstić information content (AvgIpc) is 2.79. The molecule has 0 aliphatic carbocycles. The van der Waals surface area contributed by atoms with Gasteiger partial charge in [0.1, 0.15) is 5.75 Å². The maximum atomic E-state index is 11.8. The summed E-state index contributed by atoms with van der Waals surface area (Å²) in [5, 5.41) is 6.61. The van der Waals surface area contributed by atoms with Crippen LogP contribution in [0.1, 0.15) is 17.5 Å². The quantitative estimate of drug-likeness (QED) is 0.191. The van der Waals surface area contributed by atoms with Gasteiger partial charge < -0.3 is 19.9 Å². The predicted molar refractivity (Wildman–Crippen MR) is 136 cm³/mol. The summed E-state index contributed by atoms with van der Waals surface area (Å²) < 4.78 is 7.39. The molecule has 0 unspecified atom stereocenters. The van der Waals surface area contributed by atoms with E-state index < -0.39 is 0 Å². The lowest BCUT2D eigenvalue weighted by Crippen LogP contribution is -2.37. The first-order valence-electron chi connectivity index (χ1n) is 10.1. The number of ether oxygens (including phenoxy) is 1. The van der Waals surface area contributed by atoms with Crippen molar-refractivity contribution in [3.8, 4) is 5.75 Å². The molecule has 3 rings (SSSR count). The van der Waals surface area contributed by atoms with Crippen LogP contribution in [0.4, 0.5) is 0 Å². The molecule has 0 bridgehead atoms. The zero-order valence-corrected chi connectivity index (χ0v) is 20.0. The van der Waals surface area contributed by atoms with E-state index in [-0.39, 0.29) is 29.5 Å². The topological polar surface area (TPSA) is 67.7 Å². The van der Waals surface area contributed by atoms with Crippen LogP contribution in [0.15, 0.2) is 88.8 Å². The van der Waals surface area contributed by atoms with Crippen molar-refractivity contribution in [1.29, 1.82) is 0 Å². The smallest absolute Gasteiger partial charge is 0.250 e. The van der Waals surface area contributed by atoms with Gasteiger partial charge in [0, 0.05) is 32.4 Å². The van der Waals surface area contributed by atoms with Crippen LogP contribution in [0.5, 0.6) is 5.75 Å². The lowest BCUT2D eigenvalue weighted by Gasteiger charge is -2.13. The summed E-state index contributed by atoms with van der Waals surface area (Å²) in [5.74, 6) is 1.65. The Balaban J connectivity index is 0.00000341. The minimum atomic E-state index is 0. The third-order valence-electron chi connectivity index (χ3n) is 4.58. The standard InChI is InChI=1S/C24H28N4O2.HI/c1-25-24(26-15-7-17-30-22-8-3-2-4-9-22)27-18-20-11-13-21(14-12-20)19-28-16-6-5-10-23(28)29;/h2-6,8-14,16H,7,15,17-19H2,1H3,(H2,25,26,27);1H. The van der Waals surface area contributed by atoms with E-state index in [1.54, 1.807) is 29.9 Å². The molecular weight excluding hydrogens is 503 g/mol. The van der Waals surface area contributed by atoms with Crippen molar-refractivity contribution < 1.29 is 4.74 Å². The molecule has 0 saturated carbocycles. The molecule has 2 aromatic carbocycles. The largest absolute Gasteiger partial charge is 0.494 e. The highest BCUT2D eigenvalue weighted by Gasteiger charge is 2.01. The zero-order valence-electron chi connectivity index (χ0n) is 17.7. The van der Waals surface area contributed by atoms with E-state index in [4.69, 9.17) is 4.74 Å². The number of nitrogens with one attached hydrogen (secondary N) is 2. The number of para-hydroxylation sites is 1. The molecule has 1 aromatic heterocycles. The lowest BCUT2D eigenvalue weighted by atomic mass is 10.1. The van der Waals surface area contributed by atoms with E-state index in [2.05, 4.69) is 27.8 Å². The Morgan fingerprint density at radius 3 is 2.35 bits per heavy atom. The van der Waals surface area contributed by atoms with Gasteiger partial charge in [-0.25, -0.2) is 0 Å². The lowest BCUT2D eigenvalue weighted by molar-refractivity contribution is 0.311. The Kier molecular flexibility index (Phi) is 10.6. The normalized spacial score (nSPS) is 10.8. The van der Waals surface area contributed by atoms with Gasteiger partial charge in [0.05, 0.1) is 13.2 Å². The van der Waals surface area contributed by atoms with Crippen LogP contribution >= 0.6 is 24.0 Å². The molecule has 0 saturated heterocycles. The molecule has 6 nitrogen and oxygen atoms in total. The second-order valence-corrected chi connectivity index (χ2v) is 6.85. The predicted octanol–water partition coefficient (Wildman–Crippen LogP) is 3.65. The molecule has 0 amide bonds. The average molecular weight is 532 g/mol. The number of nitrogens with zero attached hydrogens (tertiary/aromatic N) is 2. The maximum Gasteiger partial charge on any atom is 0.250 e. The third-order valence-corrected chi connectivity index (χ3v) is 4.58. The molecular formula is C24H29IN4O2. The number of benzene rings is 2. The molecule has 0 fully saturated rings. The Morgan fingerprint density at radius 1 is 0.935 bits per heavy atom.